The summed E-state index contributed by atoms with van der Waals surface area (Å²) in [7, 11) is -1.01. The quantitative estimate of drug-likeness (QED) is 0.780. The highest BCUT2D eigenvalue weighted by Gasteiger charge is 2.30. The van der Waals surface area contributed by atoms with Crippen LogP contribution in [0.25, 0.3) is 0 Å². The summed E-state index contributed by atoms with van der Waals surface area (Å²) >= 11 is 0. The molecule has 2 N–H and O–H groups in total. The van der Waals surface area contributed by atoms with E-state index >= 15 is 0 Å². The van der Waals surface area contributed by atoms with E-state index in [1.165, 1.54) is 6.26 Å². The van der Waals surface area contributed by atoms with Gasteiger partial charge in [0.15, 0.2) is 0 Å². The molecule has 1 fully saturated rings. The van der Waals surface area contributed by atoms with Crippen LogP contribution in [-0.4, -0.2) is 57.3 Å². The highest BCUT2D eigenvalue weighted by atomic mass is 32.2. The molecule has 0 aromatic carbocycles. The fraction of sp³-hybridized carbons (Fsp3) is 1.00. The van der Waals surface area contributed by atoms with Crippen LogP contribution in [0.15, 0.2) is 0 Å². The van der Waals surface area contributed by atoms with E-state index in [-0.39, 0.29) is 0 Å². The van der Waals surface area contributed by atoms with E-state index in [0.29, 0.717) is 24.5 Å². The molecular weight excluding hydrogens is 262 g/mol. The first kappa shape index (κ1) is 16.9. The number of nitrogens with one attached hydrogen (secondary N) is 2. The Morgan fingerprint density at radius 2 is 1.89 bits per heavy atom. The highest BCUT2D eigenvalue weighted by Crippen LogP contribution is 2.21. The molecular formula is C13H29N3O2S. The zero-order valence-corrected chi connectivity index (χ0v) is 13.8. The van der Waals surface area contributed by atoms with Crippen LogP contribution in [0.1, 0.15) is 34.1 Å². The largest absolute Gasteiger partial charge is 0.312 e. The molecule has 114 valence electrons. The summed E-state index contributed by atoms with van der Waals surface area (Å²) in [4.78, 5) is 2.38. The van der Waals surface area contributed by atoms with Crippen LogP contribution in [0.4, 0.5) is 0 Å². The Hall–Kier alpha value is -0.170. The number of likely N-dealkylation sites (tertiary alicyclic amines) is 1. The molecule has 3 unspecified atom stereocenters. The fourth-order valence-corrected chi connectivity index (χ4v) is 3.83. The van der Waals surface area contributed by atoms with Crippen LogP contribution in [0, 0.1) is 5.92 Å². The van der Waals surface area contributed by atoms with Crippen molar-refractivity contribution in [1.29, 1.82) is 0 Å². The monoisotopic (exact) mass is 291 g/mol. The van der Waals surface area contributed by atoms with Crippen molar-refractivity contribution >= 4 is 10.0 Å². The number of hydrogen-bond donors (Lipinski definition) is 2. The molecule has 6 heteroatoms. The van der Waals surface area contributed by atoms with Crippen LogP contribution >= 0.6 is 0 Å². The molecule has 0 aromatic heterocycles. The van der Waals surface area contributed by atoms with Gasteiger partial charge in [0.05, 0.1) is 6.26 Å². The molecule has 1 aliphatic heterocycles. The summed E-state index contributed by atoms with van der Waals surface area (Å²) in [5.74, 6) is 0.579. The SMILES string of the molecule is CC1CN(C)C(C)CC1NCC(C)(C)NS(C)(=O)=O. The molecule has 1 rings (SSSR count). The molecule has 0 aliphatic carbocycles. The van der Waals surface area contributed by atoms with Crippen molar-refractivity contribution in [2.75, 3.05) is 26.4 Å². The predicted molar refractivity (Wildman–Crippen MR) is 79.7 cm³/mol. The molecule has 0 bridgehead atoms. The average Bonchev–Trinajstić information content (AvgIpc) is 2.18. The summed E-state index contributed by atoms with van der Waals surface area (Å²) in [6.45, 7) is 10.0. The Balaban J connectivity index is 2.52. The van der Waals surface area contributed by atoms with E-state index in [9.17, 15) is 8.42 Å². The second kappa shape index (κ2) is 6.08. The molecule has 0 amide bonds. The summed E-state index contributed by atoms with van der Waals surface area (Å²) in [6.07, 6.45) is 2.31. The summed E-state index contributed by atoms with van der Waals surface area (Å²) in [5.41, 5.74) is -0.458. The number of sulfonamides is 1. The summed E-state index contributed by atoms with van der Waals surface area (Å²) in [6, 6.07) is 1.02. The van der Waals surface area contributed by atoms with Crippen molar-refractivity contribution in [2.45, 2.75) is 51.7 Å². The smallest absolute Gasteiger partial charge is 0.209 e. The van der Waals surface area contributed by atoms with Crippen LogP contribution in [0.5, 0.6) is 0 Å². The van der Waals surface area contributed by atoms with Crippen molar-refractivity contribution in [1.82, 2.24) is 14.9 Å². The Kier molecular flexibility index (Phi) is 5.40. The number of hydrogen-bond acceptors (Lipinski definition) is 4. The minimum atomic E-state index is -3.17. The molecule has 5 nitrogen and oxygen atoms in total. The van der Waals surface area contributed by atoms with Crippen LogP contribution < -0.4 is 10.0 Å². The van der Waals surface area contributed by atoms with Gasteiger partial charge in [0.2, 0.25) is 10.0 Å². The molecule has 19 heavy (non-hydrogen) atoms. The van der Waals surface area contributed by atoms with Gasteiger partial charge in [0, 0.05) is 30.7 Å². The van der Waals surface area contributed by atoms with E-state index in [2.05, 4.69) is 35.8 Å². The molecule has 1 aliphatic rings. The predicted octanol–water partition coefficient (Wildman–Crippen LogP) is 0.633. The van der Waals surface area contributed by atoms with Gasteiger partial charge in [-0.1, -0.05) is 6.92 Å². The topological polar surface area (TPSA) is 61.4 Å². The van der Waals surface area contributed by atoms with Crippen molar-refractivity contribution in [2.24, 2.45) is 5.92 Å². The molecule has 0 aromatic rings. The minimum absolute atomic E-state index is 0.451. The number of nitrogens with zero attached hydrogens (tertiary/aromatic N) is 1. The Morgan fingerprint density at radius 1 is 1.32 bits per heavy atom. The average molecular weight is 291 g/mol. The van der Waals surface area contributed by atoms with Crippen molar-refractivity contribution in [3.8, 4) is 0 Å². The van der Waals surface area contributed by atoms with E-state index in [4.69, 9.17) is 0 Å². The van der Waals surface area contributed by atoms with Gasteiger partial charge < -0.3 is 10.2 Å². The maximum atomic E-state index is 11.3. The fourth-order valence-electron chi connectivity index (χ4n) is 2.75. The third kappa shape index (κ3) is 5.77. The zero-order valence-electron chi connectivity index (χ0n) is 13.0. The molecule has 0 radical (unpaired) electrons. The van der Waals surface area contributed by atoms with E-state index in [0.717, 1.165) is 13.0 Å². The Labute approximate surface area is 118 Å². The second-order valence-electron chi connectivity index (χ2n) is 6.75. The third-order valence-corrected chi connectivity index (χ3v) is 4.80. The lowest BCUT2D eigenvalue weighted by Gasteiger charge is -2.41. The van der Waals surface area contributed by atoms with Crippen LogP contribution in [0.2, 0.25) is 0 Å². The minimum Gasteiger partial charge on any atom is -0.312 e. The lowest BCUT2D eigenvalue weighted by atomic mass is 9.89. The van der Waals surface area contributed by atoms with Gasteiger partial charge >= 0.3 is 0 Å². The van der Waals surface area contributed by atoms with E-state index in [1.54, 1.807) is 0 Å². The van der Waals surface area contributed by atoms with Gasteiger partial charge in [-0.3, -0.25) is 0 Å². The molecule has 1 saturated heterocycles. The summed E-state index contributed by atoms with van der Waals surface area (Å²) < 4.78 is 25.3. The van der Waals surface area contributed by atoms with E-state index in [1.807, 2.05) is 13.8 Å². The Morgan fingerprint density at radius 3 is 2.42 bits per heavy atom. The van der Waals surface area contributed by atoms with Crippen molar-refractivity contribution < 1.29 is 8.42 Å². The molecule has 0 spiro atoms. The van der Waals surface area contributed by atoms with Gasteiger partial charge in [0.25, 0.3) is 0 Å². The Bertz CT molecular complexity index is 395. The highest BCUT2D eigenvalue weighted by molar-refractivity contribution is 7.88. The van der Waals surface area contributed by atoms with Crippen molar-refractivity contribution in [3.05, 3.63) is 0 Å². The van der Waals surface area contributed by atoms with Gasteiger partial charge in [-0.15, -0.1) is 0 Å². The van der Waals surface area contributed by atoms with Gasteiger partial charge in [-0.25, -0.2) is 13.1 Å². The lowest BCUT2D eigenvalue weighted by Crippen LogP contribution is -2.56. The van der Waals surface area contributed by atoms with Gasteiger partial charge in [-0.2, -0.15) is 0 Å². The summed E-state index contributed by atoms with van der Waals surface area (Å²) in [5, 5.41) is 3.53. The number of piperidine rings is 1. The van der Waals surface area contributed by atoms with Gasteiger partial charge in [0.1, 0.15) is 0 Å². The van der Waals surface area contributed by atoms with Crippen LogP contribution in [-0.2, 0) is 10.0 Å². The lowest BCUT2D eigenvalue weighted by molar-refractivity contribution is 0.118. The first-order valence-corrected chi connectivity index (χ1v) is 8.82. The first-order valence-electron chi connectivity index (χ1n) is 6.93. The molecule has 3 atom stereocenters. The van der Waals surface area contributed by atoms with Crippen LogP contribution in [0.3, 0.4) is 0 Å². The molecule has 1 heterocycles. The van der Waals surface area contributed by atoms with E-state index < -0.39 is 15.6 Å². The number of rotatable bonds is 5. The third-order valence-electron chi connectivity index (χ3n) is 3.88. The standard InChI is InChI=1S/C13H29N3O2S/c1-10-8-16(5)11(2)7-12(10)14-9-13(3,4)15-19(6,17)18/h10-12,14-15H,7-9H2,1-6H3. The maximum Gasteiger partial charge on any atom is 0.209 e. The van der Waals surface area contributed by atoms with Gasteiger partial charge in [-0.05, 0) is 40.2 Å². The van der Waals surface area contributed by atoms with Crippen molar-refractivity contribution in [3.63, 3.8) is 0 Å². The first-order chi connectivity index (χ1) is 8.50. The second-order valence-corrected chi connectivity index (χ2v) is 8.50. The maximum absolute atomic E-state index is 11.3. The normalized spacial score (nSPS) is 30.5. The zero-order chi connectivity index (χ0) is 14.8. The molecule has 0 saturated carbocycles.